The molecule has 1 amide bonds. The van der Waals surface area contributed by atoms with Crippen molar-refractivity contribution in [3.05, 3.63) is 39.5 Å². The molecule has 22 heavy (non-hydrogen) atoms. The zero-order valence-corrected chi connectivity index (χ0v) is 13.4. The van der Waals surface area contributed by atoms with Crippen molar-refractivity contribution in [3.8, 4) is 0 Å². The van der Waals surface area contributed by atoms with Gasteiger partial charge in [-0.25, -0.2) is 9.97 Å². The van der Waals surface area contributed by atoms with Gasteiger partial charge in [0, 0.05) is 12.1 Å². The minimum Gasteiger partial charge on any atom is -0.330 e. The number of nitrogens with one attached hydrogen (secondary N) is 1. The van der Waals surface area contributed by atoms with Crippen LogP contribution in [0.4, 0.5) is 5.82 Å². The third-order valence-electron chi connectivity index (χ3n) is 3.68. The summed E-state index contributed by atoms with van der Waals surface area (Å²) in [6.07, 6.45) is 5.93. The van der Waals surface area contributed by atoms with Gasteiger partial charge < -0.3 is 11.1 Å². The first kappa shape index (κ1) is 15.1. The molecule has 5 nitrogen and oxygen atoms in total. The van der Waals surface area contributed by atoms with Gasteiger partial charge in [0.05, 0.1) is 10.7 Å². The lowest BCUT2D eigenvalue weighted by atomic mass is 10.1. The van der Waals surface area contributed by atoms with E-state index in [1.165, 1.54) is 24.2 Å². The summed E-state index contributed by atoms with van der Waals surface area (Å²) < 4.78 is 0. The number of hydrogen-bond acceptors (Lipinski definition) is 5. The number of hydrogen-bond donors (Lipinski definition) is 2. The zero-order valence-electron chi connectivity index (χ0n) is 12.6. The number of nitrogens with zero attached hydrogens (tertiary/aromatic N) is 2. The minimum atomic E-state index is -0.120. The number of anilines is 1. The summed E-state index contributed by atoms with van der Waals surface area (Å²) in [5.41, 5.74) is 7.47. The number of amides is 1. The van der Waals surface area contributed by atoms with Gasteiger partial charge in [0.2, 0.25) is 0 Å². The Bertz CT molecular complexity index is 679. The molecule has 1 saturated carbocycles. The van der Waals surface area contributed by atoms with Crippen molar-refractivity contribution in [3.63, 3.8) is 0 Å². The highest BCUT2D eigenvalue weighted by Crippen LogP contribution is 2.42. The molecule has 0 radical (unpaired) electrons. The van der Waals surface area contributed by atoms with E-state index in [0.717, 1.165) is 29.1 Å². The fourth-order valence-electron chi connectivity index (χ4n) is 2.31. The van der Waals surface area contributed by atoms with E-state index < -0.39 is 0 Å². The van der Waals surface area contributed by atoms with Gasteiger partial charge in [0.1, 0.15) is 10.7 Å². The van der Waals surface area contributed by atoms with Gasteiger partial charge in [-0.1, -0.05) is 0 Å². The van der Waals surface area contributed by atoms with E-state index in [1.807, 2.05) is 19.1 Å². The molecular weight excluding hydrogens is 296 g/mol. The first-order chi connectivity index (χ1) is 10.7. The zero-order chi connectivity index (χ0) is 15.5. The maximum Gasteiger partial charge on any atom is 0.268 e. The molecule has 2 aromatic heterocycles. The lowest BCUT2D eigenvalue weighted by Gasteiger charge is -2.05. The lowest BCUT2D eigenvalue weighted by molar-refractivity contribution is 0.102. The molecule has 0 spiro atoms. The fraction of sp³-hybridized carbons (Fsp3) is 0.438. The third-order valence-corrected chi connectivity index (χ3v) is 5.00. The summed E-state index contributed by atoms with van der Waals surface area (Å²) in [5.74, 6) is 1.04. The number of carbonyl (C=O) groups excluding carboxylic acids is 1. The topological polar surface area (TPSA) is 80.9 Å². The van der Waals surface area contributed by atoms with E-state index >= 15 is 0 Å². The highest BCUT2D eigenvalue weighted by molar-refractivity contribution is 7.14. The molecule has 0 aromatic carbocycles. The number of carbonyl (C=O) groups is 1. The molecule has 0 saturated heterocycles. The van der Waals surface area contributed by atoms with Crippen LogP contribution in [0.5, 0.6) is 0 Å². The lowest BCUT2D eigenvalue weighted by Crippen LogP contribution is -2.13. The predicted octanol–water partition coefficient (Wildman–Crippen LogP) is 2.87. The van der Waals surface area contributed by atoms with Crippen molar-refractivity contribution in [1.82, 2.24) is 9.97 Å². The van der Waals surface area contributed by atoms with Crippen molar-refractivity contribution >= 4 is 23.1 Å². The van der Waals surface area contributed by atoms with Crippen molar-refractivity contribution in [2.75, 3.05) is 11.9 Å². The monoisotopic (exact) mass is 316 g/mol. The average molecular weight is 316 g/mol. The van der Waals surface area contributed by atoms with E-state index in [9.17, 15) is 4.79 Å². The molecule has 1 fully saturated rings. The summed E-state index contributed by atoms with van der Waals surface area (Å²) in [6, 6.07) is 3.86. The van der Waals surface area contributed by atoms with Crippen LogP contribution in [0.15, 0.2) is 18.3 Å². The Hall–Kier alpha value is -1.79. The second kappa shape index (κ2) is 6.54. The molecule has 3 N–H and O–H groups in total. The predicted molar refractivity (Wildman–Crippen MR) is 88.4 cm³/mol. The summed E-state index contributed by atoms with van der Waals surface area (Å²) in [7, 11) is 0. The van der Waals surface area contributed by atoms with Crippen LogP contribution in [0.25, 0.3) is 0 Å². The Balaban J connectivity index is 1.70. The molecular formula is C16H20N4OS. The Labute approximate surface area is 134 Å². The molecule has 0 aliphatic heterocycles. The van der Waals surface area contributed by atoms with Gasteiger partial charge >= 0.3 is 0 Å². The molecule has 0 atom stereocenters. The molecule has 6 heteroatoms. The molecule has 116 valence electrons. The number of rotatable bonds is 6. The SMILES string of the molecule is Cc1nc(C2CC2)sc1C(=O)Nc1cc(CCCN)ccn1. The second-order valence-electron chi connectivity index (χ2n) is 5.64. The summed E-state index contributed by atoms with van der Waals surface area (Å²) >= 11 is 1.51. The van der Waals surface area contributed by atoms with Gasteiger partial charge in [-0.05, 0) is 56.8 Å². The van der Waals surface area contributed by atoms with E-state index in [1.54, 1.807) is 6.20 Å². The van der Waals surface area contributed by atoms with Crippen LogP contribution in [0.1, 0.15) is 51.1 Å². The van der Waals surface area contributed by atoms with Crippen LogP contribution in [0, 0.1) is 6.92 Å². The van der Waals surface area contributed by atoms with Gasteiger partial charge in [-0.15, -0.1) is 11.3 Å². The quantitative estimate of drug-likeness (QED) is 0.858. The van der Waals surface area contributed by atoms with Crippen LogP contribution in [-0.4, -0.2) is 22.4 Å². The van der Waals surface area contributed by atoms with Gasteiger partial charge in [0.25, 0.3) is 5.91 Å². The highest BCUT2D eigenvalue weighted by Gasteiger charge is 2.29. The smallest absolute Gasteiger partial charge is 0.268 e. The second-order valence-corrected chi connectivity index (χ2v) is 6.67. The third kappa shape index (κ3) is 3.51. The van der Waals surface area contributed by atoms with Gasteiger partial charge in [-0.3, -0.25) is 4.79 Å². The molecule has 0 bridgehead atoms. The largest absolute Gasteiger partial charge is 0.330 e. The normalized spacial score (nSPS) is 14.1. The van der Waals surface area contributed by atoms with Gasteiger partial charge in [-0.2, -0.15) is 0 Å². The van der Waals surface area contributed by atoms with Gasteiger partial charge in [0.15, 0.2) is 0 Å². The number of aryl methyl sites for hydroxylation is 2. The van der Waals surface area contributed by atoms with E-state index in [2.05, 4.69) is 15.3 Å². The standard InChI is InChI=1S/C16H20N4OS/c1-10-14(22-16(19-10)12-4-5-12)15(21)20-13-9-11(3-2-7-17)6-8-18-13/h6,8-9,12H,2-5,7,17H2,1H3,(H,18,20,21). The number of thiazole rings is 1. The molecule has 3 rings (SSSR count). The van der Waals surface area contributed by atoms with Crippen molar-refractivity contribution < 1.29 is 4.79 Å². The van der Waals surface area contributed by atoms with Crippen LogP contribution >= 0.6 is 11.3 Å². The van der Waals surface area contributed by atoms with Crippen molar-refractivity contribution in [1.29, 1.82) is 0 Å². The van der Waals surface area contributed by atoms with E-state index in [0.29, 0.717) is 23.2 Å². The Morgan fingerprint density at radius 3 is 3.05 bits per heavy atom. The maximum absolute atomic E-state index is 12.4. The molecule has 1 aliphatic rings. The van der Waals surface area contributed by atoms with Crippen LogP contribution in [0.3, 0.4) is 0 Å². The molecule has 2 aromatic rings. The molecule has 1 aliphatic carbocycles. The van der Waals surface area contributed by atoms with Crippen LogP contribution < -0.4 is 11.1 Å². The fourth-order valence-corrected chi connectivity index (χ4v) is 3.44. The van der Waals surface area contributed by atoms with Crippen LogP contribution in [0.2, 0.25) is 0 Å². The summed E-state index contributed by atoms with van der Waals surface area (Å²) in [5, 5.41) is 3.97. The maximum atomic E-state index is 12.4. The van der Waals surface area contributed by atoms with E-state index in [-0.39, 0.29) is 5.91 Å². The minimum absolute atomic E-state index is 0.120. The van der Waals surface area contributed by atoms with Crippen molar-refractivity contribution in [2.45, 2.75) is 38.5 Å². The van der Waals surface area contributed by atoms with Crippen molar-refractivity contribution in [2.24, 2.45) is 5.73 Å². The number of nitrogens with two attached hydrogens (primary N) is 1. The number of aromatic nitrogens is 2. The first-order valence-corrected chi connectivity index (χ1v) is 8.42. The molecule has 0 unspecified atom stereocenters. The first-order valence-electron chi connectivity index (χ1n) is 7.61. The summed E-state index contributed by atoms with van der Waals surface area (Å²) in [6.45, 7) is 2.55. The Kier molecular flexibility index (Phi) is 4.49. The average Bonchev–Trinajstić information content (AvgIpc) is 3.28. The summed E-state index contributed by atoms with van der Waals surface area (Å²) in [4.78, 5) is 21.8. The van der Waals surface area contributed by atoms with Crippen LogP contribution in [-0.2, 0) is 6.42 Å². The molecule has 2 heterocycles. The Morgan fingerprint density at radius 2 is 2.32 bits per heavy atom. The number of pyridine rings is 1. The highest BCUT2D eigenvalue weighted by atomic mass is 32.1. The van der Waals surface area contributed by atoms with E-state index in [4.69, 9.17) is 5.73 Å². The Morgan fingerprint density at radius 1 is 1.50 bits per heavy atom.